The fraction of sp³-hybridized carbons (Fsp3) is 0.364. The van der Waals surface area contributed by atoms with Gasteiger partial charge in [0.15, 0.2) is 0 Å². The molecule has 0 spiro atoms. The number of para-hydroxylation sites is 1. The van der Waals surface area contributed by atoms with E-state index in [1.807, 2.05) is 48.2 Å². The summed E-state index contributed by atoms with van der Waals surface area (Å²) in [6.07, 6.45) is 1.55. The Kier molecular flexibility index (Phi) is 5.40. The van der Waals surface area contributed by atoms with E-state index in [4.69, 9.17) is 0 Å². The summed E-state index contributed by atoms with van der Waals surface area (Å²) in [5.41, 5.74) is 4.70. The van der Waals surface area contributed by atoms with Gasteiger partial charge in [-0.2, -0.15) is 0 Å². The van der Waals surface area contributed by atoms with E-state index in [-0.39, 0.29) is 11.8 Å². The molecule has 0 aliphatic carbocycles. The van der Waals surface area contributed by atoms with Gasteiger partial charge < -0.3 is 10.2 Å². The number of aryl methyl sites for hydroxylation is 1. The molecule has 1 aliphatic heterocycles. The Morgan fingerprint density at radius 2 is 1.96 bits per heavy atom. The number of hydrogen-bond donors (Lipinski definition) is 1. The van der Waals surface area contributed by atoms with Crippen molar-refractivity contribution < 1.29 is 9.59 Å². The average Bonchev–Trinajstić information content (AvgIpc) is 3.01. The molecule has 136 valence electrons. The topological polar surface area (TPSA) is 49.4 Å². The molecule has 1 saturated heterocycles. The number of rotatable bonds is 5. The number of amides is 2. The minimum absolute atomic E-state index is 0.115. The maximum atomic E-state index is 12.8. The van der Waals surface area contributed by atoms with Crippen molar-refractivity contribution in [1.29, 1.82) is 0 Å². The van der Waals surface area contributed by atoms with Crippen molar-refractivity contribution in [1.82, 2.24) is 4.90 Å². The number of anilines is 1. The van der Waals surface area contributed by atoms with Crippen molar-refractivity contribution >= 4 is 17.5 Å². The van der Waals surface area contributed by atoms with Gasteiger partial charge in [0, 0.05) is 30.8 Å². The van der Waals surface area contributed by atoms with Crippen LogP contribution in [-0.2, 0) is 11.3 Å². The van der Waals surface area contributed by atoms with E-state index in [1.54, 1.807) is 0 Å². The summed E-state index contributed by atoms with van der Waals surface area (Å²) < 4.78 is 0. The third-order valence-electron chi connectivity index (χ3n) is 4.90. The number of carbonyl (C=O) groups excluding carboxylic acids is 2. The van der Waals surface area contributed by atoms with Crippen LogP contribution in [0.2, 0.25) is 0 Å². The second-order valence-electron chi connectivity index (χ2n) is 7.27. The molecule has 4 nitrogen and oxygen atoms in total. The van der Waals surface area contributed by atoms with Crippen LogP contribution in [0.3, 0.4) is 0 Å². The summed E-state index contributed by atoms with van der Waals surface area (Å²) in [6, 6.07) is 13.6. The van der Waals surface area contributed by atoms with Gasteiger partial charge >= 0.3 is 0 Å². The fourth-order valence-electron chi connectivity index (χ4n) is 3.43. The Bertz CT molecular complexity index is 827. The number of benzene rings is 2. The van der Waals surface area contributed by atoms with Crippen LogP contribution in [-0.4, -0.2) is 23.3 Å². The maximum absolute atomic E-state index is 12.8. The lowest BCUT2D eigenvalue weighted by molar-refractivity contribution is -0.128. The van der Waals surface area contributed by atoms with Gasteiger partial charge in [0.2, 0.25) is 5.91 Å². The third-order valence-corrected chi connectivity index (χ3v) is 4.90. The number of carbonyl (C=O) groups is 2. The van der Waals surface area contributed by atoms with Gasteiger partial charge in [-0.15, -0.1) is 0 Å². The van der Waals surface area contributed by atoms with Crippen LogP contribution in [0.15, 0.2) is 42.5 Å². The molecule has 0 aromatic heterocycles. The standard InChI is InChI=1S/C22H26N2O2/c1-15(2)19-10-4-7-16(3)21(19)23-22(26)18-9-5-8-17(13-18)14-24-12-6-11-20(24)25/h4-5,7-10,13,15H,6,11-12,14H2,1-3H3,(H,23,26). The first-order valence-electron chi connectivity index (χ1n) is 9.23. The number of nitrogens with one attached hydrogen (secondary N) is 1. The van der Waals surface area contributed by atoms with Crippen molar-refractivity contribution in [3.8, 4) is 0 Å². The fourth-order valence-corrected chi connectivity index (χ4v) is 3.43. The molecule has 2 amide bonds. The van der Waals surface area contributed by atoms with Crippen LogP contribution in [0.25, 0.3) is 0 Å². The number of hydrogen-bond acceptors (Lipinski definition) is 2. The molecule has 0 saturated carbocycles. The zero-order valence-corrected chi connectivity index (χ0v) is 15.7. The smallest absolute Gasteiger partial charge is 0.255 e. The predicted octanol–water partition coefficient (Wildman–Crippen LogP) is 4.49. The summed E-state index contributed by atoms with van der Waals surface area (Å²) in [4.78, 5) is 26.5. The molecule has 1 N–H and O–H groups in total. The van der Waals surface area contributed by atoms with E-state index >= 15 is 0 Å². The molecule has 0 unspecified atom stereocenters. The van der Waals surface area contributed by atoms with E-state index in [2.05, 4.69) is 25.2 Å². The Labute approximate surface area is 155 Å². The molecule has 2 aromatic rings. The molecule has 2 aromatic carbocycles. The summed E-state index contributed by atoms with van der Waals surface area (Å²) in [5.74, 6) is 0.412. The van der Waals surface area contributed by atoms with Crippen LogP contribution in [0.1, 0.15) is 59.7 Å². The summed E-state index contributed by atoms with van der Waals surface area (Å²) >= 11 is 0. The largest absolute Gasteiger partial charge is 0.338 e. The van der Waals surface area contributed by atoms with Crippen LogP contribution in [0, 0.1) is 6.92 Å². The van der Waals surface area contributed by atoms with E-state index < -0.39 is 0 Å². The monoisotopic (exact) mass is 350 g/mol. The van der Waals surface area contributed by atoms with Crippen LogP contribution in [0.5, 0.6) is 0 Å². The van der Waals surface area contributed by atoms with Crippen molar-refractivity contribution in [3.63, 3.8) is 0 Å². The van der Waals surface area contributed by atoms with E-state index in [0.717, 1.165) is 35.3 Å². The average molecular weight is 350 g/mol. The third kappa shape index (κ3) is 3.96. The van der Waals surface area contributed by atoms with E-state index in [1.165, 1.54) is 0 Å². The molecule has 3 rings (SSSR count). The van der Waals surface area contributed by atoms with Gasteiger partial charge in [0.25, 0.3) is 5.91 Å². The van der Waals surface area contributed by atoms with Gasteiger partial charge in [-0.1, -0.05) is 44.2 Å². The normalized spacial score (nSPS) is 14.2. The zero-order chi connectivity index (χ0) is 18.7. The van der Waals surface area contributed by atoms with Crippen LogP contribution >= 0.6 is 0 Å². The van der Waals surface area contributed by atoms with Gasteiger partial charge in [-0.3, -0.25) is 9.59 Å². The minimum atomic E-state index is -0.115. The zero-order valence-electron chi connectivity index (χ0n) is 15.7. The lowest BCUT2D eigenvalue weighted by atomic mass is 9.98. The lowest BCUT2D eigenvalue weighted by Crippen LogP contribution is -2.24. The molecule has 1 fully saturated rings. The minimum Gasteiger partial charge on any atom is -0.338 e. The number of likely N-dealkylation sites (tertiary alicyclic amines) is 1. The molecule has 0 radical (unpaired) electrons. The van der Waals surface area contributed by atoms with Crippen LogP contribution < -0.4 is 5.32 Å². The van der Waals surface area contributed by atoms with Gasteiger partial charge in [0.1, 0.15) is 0 Å². The number of nitrogens with zero attached hydrogens (tertiary/aromatic N) is 1. The SMILES string of the molecule is Cc1cccc(C(C)C)c1NC(=O)c1cccc(CN2CCCC2=O)c1. The van der Waals surface area contributed by atoms with Crippen molar-refractivity contribution in [2.45, 2.75) is 46.1 Å². The van der Waals surface area contributed by atoms with Crippen molar-refractivity contribution in [2.24, 2.45) is 0 Å². The molecule has 0 bridgehead atoms. The highest BCUT2D eigenvalue weighted by atomic mass is 16.2. The van der Waals surface area contributed by atoms with E-state index in [0.29, 0.717) is 24.4 Å². The highest BCUT2D eigenvalue weighted by molar-refractivity contribution is 6.05. The quantitative estimate of drug-likeness (QED) is 0.863. The van der Waals surface area contributed by atoms with Gasteiger partial charge in [-0.25, -0.2) is 0 Å². The van der Waals surface area contributed by atoms with Gasteiger partial charge in [0.05, 0.1) is 0 Å². The molecule has 4 heteroatoms. The first-order valence-corrected chi connectivity index (χ1v) is 9.23. The second kappa shape index (κ2) is 7.73. The first-order chi connectivity index (χ1) is 12.5. The van der Waals surface area contributed by atoms with E-state index in [9.17, 15) is 9.59 Å². The molecular weight excluding hydrogens is 324 g/mol. The predicted molar refractivity (Wildman–Crippen MR) is 104 cm³/mol. The molecular formula is C22H26N2O2. The maximum Gasteiger partial charge on any atom is 0.255 e. The van der Waals surface area contributed by atoms with Crippen molar-refractivity contribution in [2.75, 3.05) is 11.9 Å². The Hall–Kier alpha value is -2.62. The molecule has 1 heterocycles. The van der Waals surface area contributed by atoms with Gasteiger partial charge in [-0.05, 0) is 48.1 Å². The summed E-state index contributed by atoms with van der Waals surface area (Å²) in [6.45, 7) is 7.63. The van der Waals surface area contributed by atoms with Crippen LogP contribution in [0.4, 0.5) is 5.69 Å². The Morgan fingerprint density at radius 1 is 1.19 bits per heavy atom. The molecule has 26 heavy (non-hydrogen) atoms. The summed E-state index contributed by atoms with van der Waals surface area (Å²) in [7, 11) is 0. The summed E-state index contributed by atoms with van der Waals surface area (Å²) in [5, 5.41) is 3.09. The first kappa shape index (κ1) is 18.2. The lowest BCUT2D eigenvalue weighted by Gasteiger charge is -2.18. The molecule has 0 atom stereocenters. The highest BCUT2D eigenvalue weighted by Gasteiger charge is 2.20. The molecule has 1 aliphatic rings. The highest BCUT2D eigenvalue weighted by Crippen LogP contribution is 2.28. The second-order valence-corrected chi connectivity index (χ2v) is 7.27. The van der Waals surface area contributed by atoms with Crippen molar-refractivity contribution in [3.05, 3.63) is 64.7 Å². The Balaban J connectivity index is 1.79. The Morgan fingerprint density at radius 3 is 2.65 bits per heavy atom.